The SMILES string of the molecule is CCOc1ccc([C@@H](C(=O)NC2CCCCC2)N(C(=O)Cc2cccs2)c2ccc(C(C)=O)cc2)cc1. The lowest BCUT2D eigenvalue weighted by atomic mass is 9.94. The van der Waals surface area contributed by atoms with Crippen molar-refractivity contribution in [3.63, 3.8) is 0 Å². The number of benzene rings is 2. The molecular formula is C30H34N2O4S. The molecule has 0 aliphatic heterocycles. The van der Waals surface area contributed by atoms with E-state index in [1.54, 1.807) is 29.2 Å². The lowest BCUT2D eigenvalue weighted by Gasteiger charge is -2.33. The number of nitrogens with zero attached hydrogens (tertiary/aromatic N) is 1. The first-order chi connectivity index (χ1) is 18.0. The summed E-state index contributed by atoms with van der Waals surface area (Å²) in [6.45, 7) is 3.97. The highest BCUT2D eigenvalue weighted by Gasteiger charge is 2.34. The van der Waals surface area contributed by atoms with Crippen molar-refractivity contribution >= 4 is 34.6 Å². The van der Waals surface area contributed by atoms with Crippen molar-refractivity contribution in [3.05, 3.63) is 82.0 Å². The molecule has 1 fully saturated rings. The summed E-state index contributed by atoms with van der Waals surface area (Å²) in [4.78, 5) is 42.2. The van der Waals surface area contributed by atoms with E-state index in [4.69, 9.17) is 4.74 Å². The van der Waals surface area contributed by atoms with Gasteiger partial charge in [-0.15, -0.1) is 11.3 Å². The fraction of sp³-hybridized carbons (Fsp3) is 0.367. The third-order valence-electron chi connectivity index (χ3n) is 6.69. The Labute approximate surface area is 222 Å². The number of nitrogens with one attached hydrogen (secondary N) is 1. The van der Waals surface area contributed by atoms with E-state index in [-0.39, 0.29) is 30.1 Å². The third kappa shape index (κ3) is 6.86. The summed E-state index contributed by atoms with van der Waals surface area (Å²) in [5, 5.41) is 5.17. The summed E-state index contributed by atoms with van der Waals surface area (Å²) in [5.74, 6) is 0.267. The number of Topliss-reactive ketones (excluding diaryl/α,β-unsaturated/α-hetero) is 1. The molecular weight excluding hydrogens is 484 g/mol. The summed E-state index contributed by atoms with van der Waals surface area (Å²) in [7, 11) is 0. The van der Waals surface area contributed by atoms with Crippen LogP contribution >= 0.6 is 11.3 Å². The second-order valence-corrected chi connectivity index (χ2v) is 10.4. The second-order valence-electron chi connectivity index (χ2n) is 9.37. The summed E-state index contributed by atoms with van der Waals surface area (Å²) in [5.41, 5.74) is 1.83. The molecule has 1 aromatic heterocycles. The highest BCUT2D eigenvalue weighted by molar-refractivity contribution is 7.10. The van der Waals surface area contributed by atoms with Gasteiger partial charge in [-0.05, 0) is 80.1 Å². The van der Waals surface area contributed by atoms with E-state index < -0.39 is 6.04 Å². The van der Waals surface area contributed by atoms with Crippen LogP contribution in [0.3, 0.4) is 0 Å². The predicted molar refractivity (Wildman–Crippen MR) is 147 cm³/mol. The number of hydrogen-bond acceptors (Lipinski definition) is 5. The molecule has 0 radical (unpaired) electrons. The molecule has 1 heterocycles. The van der Waals surface area contributed by atoms with Crippen LogP contribution in [0.25, 0.3) is 0 Å². The molecule has 0 bridgehead atoms. The zero-order valence-electron chi connectivity index (χ0n) is 21.4. The number of hydrogen-bond donors (Lipinski definition) is 1. The van der Waals surface area contributed by atoms with Crippen molar-refractivity contribution in [2.75, 3.05) is 11.5 Å². The van der Waals surface area contributed by atoms with Gasteiger partial charge in [-0.2, -0.15) is 0 Å². The van der Waals surface area contributed by atoms with Crippen LogP contribution in [0.4, 0.5) is 5.69 Å². The molecule has 0 saturated heterocycles. The van der Waals surface area contributed by atoms with Gasteiger partial charge >= 0.3 is 0 Å². The van der Waals surface area contributed by atoms with E-state index in [2.05, 4.69) is 5.32 Å². The van der Waals surface area contributed by atoms with Crippen molar-refractivity contribution in [3.8, 4) is 5.75 Å². The number of ketones is 1. The Balaban J connectivity index is 1.75. The van der Waals surface area contributed by atoms with Crippen molar-refractivity contribution < 1.29 is 19.1 Å². The second kappa shape index (κ2) is 12.7. The third-order valence-corrected chi connectivity index (χ3v) is 7.57. The van der Waals surface area contributed by atoms with Gasteiger partial charge in [0.15, 0.2) is 5.78 Å². The maximum Gasteiger partial charge on any atom is 0.248 e. The van der Waals surface area contributed by atoms with Gasteiger partial charge in [0.2, 0.25) is 11.8 Å². The minimum absolute atomic E-state index is 0.0545. The van der Waals surface area contributed by atoms with Crippen LogP contribution in [0, 0.1) is 0 Å². The smallest absolute Gasteiger partial charge is 0.248 e. The van der Waals surface area contributed by atoms with Crippen LogP contribution in [0.1, 0.15) is 72.8 Å². The number of anilines is 1. The monoisotopic (exact) mass is 518 g/mol. The lowest BCUT2D eigenvalue weighted by molar-refractivity contribution is -0.127. The molecule has 2 amide bonds. The van der Waals surface area contributed by atoms with Crippen molar-refractivity contribution in [2.45, 2.75) is 64.5 Å². The van der Waals surface area contributed by atoms with E-state index in [1.807, 2.05) is 48.7 Å². The Morgan fingerprint density at radius 3 is 2.30 bits per heavy atom. The number of carbonyl (C=O) groups is 3. The van der Waals surface area contributed by atoms with Crippen LogP contribution in [0.5, 0.6) is 5.75 Å². The minimum atomic E-state index is -0.867. The quantitative estimate of drug-likeness (QED) is 0.328. The van der Waals surface area contributed by atoms with E-state index in [0.717, 1.165) is 30.6 Å². The van der Waals surface area contributed by atoms with Crippen molar-refractivity contribution in [1.82, 2.24) is 5.32 Å². The molecule has 0 unspecified atom stereocenters. The topological polar surface area (TPSA) is 75.7 Å². The van der Waals surface area contributed by atoms with E-state index in [0.29, 0.717) is 29.2 Å². The van der Waals surface area contributed by atoms with Crippen LogP contribution in [0.15, 0.2) is 66.0 Å². The Morgan fingerprint density at radius 2 is 1.70 bits per heavy atom. The van der Waals surface area contributed by atoms with Crippen LogP contribution < -0.4 is 15.0 Å². The molecule has 4 rings (SSSR count). The molecule has 2 aromatic carbocycles. The minimum Gasteiger partial charge on any atom is -0.494 e. The van der Waals surface area contributed by atoms with E-state index in [1.165, 1.54) is 24.7 Å². The molecule has 6 nitrogen and oxygen atoms in total. The standard InChI is InChI=1S/C30H34N2O4S/c1-3-36-26-17-13-23(14-18-26)29(30(35)31-24-8-5-4-6-9-24)32(28(34)20-27-10-7-19-37-27)25-15-11-22(12-16-25)21(2)33/h7,10-19,24,29H,3-6,8-9,20H2,1-2H3,(H,31,35)/t29-/m0/s1. The Hall–Kier alpha value is -3.45. The maximum atomic E-state index is 13.9. The summed E-state index contributed by atoms with van der Waals surface area (Å²) >= 11 is 1.51. The molecule has 7 heteroatoms. The van der Waals surface area contributed by atoms with Gasteiger partial charge < -0.3 is 10.1 Å². The Kier molecular flexibility index (Phi) is 9.12. The van der Waals surface area contributed by atoms with Crippen molar-refractivity contribution in [1.29, 1.82) is 0 Å². The number of thiophene rings is 1. The van der Waals surface area contributed by atoms with Gasteiger partial charge in [0.1, 0.15) is 11.8 Å². The molecule has 0 spiro atoms. The molecule has 1 aliphatic rings. The zero-order chi connectivity index (χ0) is 26.2. The molecule has 1 saturated carbocycles. The fourth-order valence-electron chi connectivity index (χ4n) is 4.80. The van der Waals surface area contributed by atoms with Gasteiger partial charge in [0.05, 0.1) is 13.0 Å². The highest BCUT2D eigenvalue weighted by atomic mass is 32.1. The average Bonchev–Trinajstić information content (AvgIpc) is 3.41. The average molecular weight is 519 g/mol. The number of carbonyl (C=O) groups excluding carboxylic acids is 3. The van der Waals surface area contributed by atoms with Crippen LogP contribution in [-0.2, 0) is 16.0 Å². The first-order valence-electron chi connectivity index (χ1n) is 12.9. The molecule has 194 valence electrons. The number of amides is 2. The molecule has 1 N–H and O–H groups in total. The number of rotatable bonds is 10. The van der Waals surface area contributed by atoms with Gasteiger partial charge in [-0.25, -0.2) is 0 Å². The van der Waals surface area contributed by atoms with Crippen molar-refractivity contribution in [2.24, 2.45) is 0 Å². The van der Waals surface area contributed by atoms with Gasteiger partial charge in [0, 0.05) is 22.2 Å². The predicted octanol–water partition coefficient (Wildman–Crippen LogP) is 6.12. The lowest BCUT2D eigenvalue weighted by Crippen LogP contribution is -2.47. The largest absolute Gasteiger partial charge is 0.494 e. The van der Waals surface area contributed by atoms with Crippen LogP contribution in [0.2, 0.25) is 0 Å². The first kappa shape index (κ1) is 26.6. The highest BCUT2D eigenvalue weighted by Crippen LogP contribution is 2.31. The first-order valence-corrected chi connectivity index (χ1v) is 13.8. The maximum absolute atomic E-state index is 13.9. The summed E-state index contributed by atoms with van der Waals surface area (Å²) < 4.78 is 5.61. The number of ether oxygens (including phenoxy) is 1. The van der Waals surface area contributed by atoms with E-state index >= 15 is 0 Å². The molecule has 37 heavy (non-hydrogen) atoms. The summed E-state index contributed by atoms with van der Waals surface area (Å²) in [6.07, 6.45) is 5.42. The molecule has 1 aliphatic carbocycles. The Bertz CT molecular complexity index is 1180. The fourth-order valence-corrected chi connectivity index (χ4v) is 5.49. The van der Waals surface area contributed by atoms with Gasteiger partial charge in [-0.1, -0.05) is 37.5 Å². The van der Waals surface area contributed by atoms with Crippen LogP contribution in [-0.4, -0.2) is 30.2 Å². The summed E-state index contributed by atoms with van der Waals surface area (Å²) in [6, 6.07) is 17.4. The van der Waals surface area contributed by atoms with Gasteiger partial charge in [-0.3, -0.25) is 19.3 Å². The normalized spacial score (nSPS) is 14.5. The van der Waals surface area contributed by atoms with E-state index in [9.17, 15) is 14.4 Å². The Morgan fingerprint density at radius 1 is 1.00 bits per heavy atom. The zero-order valence-corrected chi connectivity index (χ0v) is 22.3. The van der Waals surface area contributed by atoms with Gasteiger partial charge in [0.25, 0.3) is 0 Å². The molecule has 1 atom stereocenters. The molecule has 3 aromatic rings.